The highest BCUT2D eigenvalue weighted by Gasteiger charge is 2.16. The van der Waals surface area contributed by atoms with Crippen LogP contribution in [0.1, 0.15) is 40.5 Å². The van der Waals surface area contributed by atoms with Crippen LogP contribution in [0, 0.1) is 31.1 Å². The van der Waals surface area contributed by atoms with Crippen LogP contribution in [-0.4, -0.2) is 22.9 Å². The lowest BCUT2D eigenvalue weighted by molar-refractivity contribution is -0.137. The Hall–Kier alpha value is -2.65. The van der Waals surface area contributed by atoms with Gasteiger partial charge in [0.05, 0.1) is 4.88 Å². The van der Waals surface area contributed by atoms with E-state index >= 15 is 0 Å². The Balaban J connectivity index is 2.13. The van der Waals surface area contributed by atoms with Gasteiger partial charge in [-0.05, 0) is 48.9 Å². The smallest absolute Gasteiger partial charge is 0.349 e. The summed E-state index contributed by atoms with van der Waals surface area (Å²) in [6, 6.07) is 7.25. The zero-order chi connectivity index (χ0) is 19.3. The molecule has 0 aliphatic carbocycles. The second-order valence-electron chi connectivity index (χ2n) is 6.48. The fraction of sp³-hybridized carbons (Fsp3) is 0.350. The largest absolute Gasteiger partial charge is 0.453 e. The minimum atomic E-state index is -0.786. The number of aromatic nitrogens is 1. The Kier molecular flexibility index (Phi) is 6.53. The van der Waals surface area contributed by atoms with Crippen LogP contribution in [0.3, 0.4) is 0 Å². The van der Waals surface area contributed by atoms with E-state index in [4.69, 9.17) is 4.74 Å². The van der Waals surface area contributed by atoms with Crippen LogP contribution >= 0.6 is 11.3 Å². The number of ketones is 1. The summed E-state index contributed by atoms with van der Waals surface area (Å²) in [5, 5.41) is 11.1. The van der Waals surface area contributed by atoms with Crippen LogP contribution in [0.4, 0.5) is 0 Å². The molecule has 0 aliphatic heterocycles. The molecule has 26 heavy (non-hydrogen) atoms. The summed E-state index contributed by atoms with van der Waals surface area (Å²) in [5.41, 5.74) is 2.75. The molecule has 136 valence electrons. The molecule has 0 bridgehead atoms. The van der Waals surface area contributed by atoms with Crippen LogP contribution in [0.5, 0.6) is 0 Å². The molecule has 2 aromatic rings. The molecule has 0 saturated carbocycles. The molecule has 0 fully saturated rings. The van der Waals surface area contributed by atoms with Crippen molar-refractivity contribution in [3.63, 3.8) is 0 Å². The first-order chi connectivity index (χ1) is 12.3. The molecule has 2 heterocycles. The highest BCUT2D eigenvalue weighted by atomic mass is 32.1. The lowest BCUT2D eigenvalue weighted by Gasteiger charge is -2.12. The van der Waals surface area contributed by atoms with Crippen molar-refractivity contribution in [2.24, 2.45) is 5.92 Å². The molecule has 2 rings (SSSR count). The number of thiophene rings is 1. The lowest BCUT2D eigenvalue weighted by Crippen LogP contribution is -2.14. The van der Waals surface area contributed by atoms with Gasteiger partial charge in [0, 0.05) is 17.9 Å². The van der Waals surface area contributed by atoms with Crippen LogP contribution in [0.15, 0.2) is 29.2 Å². The normalized spacial score (nSPS) is 11.5. The molecule has 0 radical (unpaired) electrons. The van der Waals surface area contributed by atoms with Crippen molar-refractivity contribution in [1.29, 1.82) is 5.26 Å². The molecule has 5 nitrogen and oxygen atoms in total. The van der Waals surface area contributed by atoms with Crippen molar-refractivity contribution in [2.75, 3.05) is 6.61 Å². The third-order valence-corrected chi connectivity index (χ3v) is 4.84. The molecule has 0 aromatic carbocycles. The van der Waals surface area contributed by atoms with E-state index in [2.05, 4.69) is 18.4 Å². The molecule has 0 atom stereocenters. The summed E-state index contributed by atoms with van der Waals surface area (Å²) in [6.45, 7) is 8.73. The number of rotatable bonds is 7. The minimum absolute atomic E-state index is 0.117. The molecule has 0 saturated heterocycles. The van der Waals surface area contributed by atoms with Gasteiger partial charge < -0.3 is 9.30 Å². The van der Waals surface area contributed by atoms with Gasteiger partial charge in [-0.1, -0.05) is 19.9 Å². The number of carbonyl (C=O) groups is 2. The number of nitriles is 1. The van der Waals surface area contributed by atoms with Gasteiger partial charge in [0.25, 0.3) is 0 Å². The molecule has 0 N–H and O–H groups in total. The van der Waals surface area contributed by atoms with Crippen molar-refractivity contribution >= 4 is 29.2 Å². The maximum absolute atomic E-state index is 12.2. The maximum atomic E-state index is 12.2. The van der Waals surface area contributed by atoms with Gasteiger partial charge in [-0.2, -0.15) is 5.26 Å². The number of aryl methyl sites for hydroxylation is 1. The van der Waals surface area contributed by atoms with Gasteiger partial charge in [-0.25, -0.2) is 4.79 Å². The van der Waals surface area contributed by atoms with Crippen molar-refractivity contribution < 1.29 is 14.3 Å². The first-order valence-electron chi connectivity index (χ1n) is 8.35. The van der Waals surface area contributed by atoms with E-state index in [1.165, 1.54) is 17.4 Å². The van der Waals surface area contributed by atoms with E-state index in [0.717, 1.165) is 23.5 Å². The second kappa shape index (κ2) is 8.63. The topological polar surface area (TPSA) is 72.1 Å². The van der Waals surface area contributed by atoms with Gasteiger partial charge in [0.2, 0.25) is 5.78 Å². The minimum Gasteiger partial charge on any atom is -0.453 e. The molecule has 0 aliphatic rings. The lowest BCUT2D eigenvalue weighted by atomic mass is 10.1. The summed E-state index contributed by atoms with van der Waals surface area (Å²) in [4.78, 5) is 24.6. The van der Waals surface area contributed by atoms with Gasteiger partial charge in [0.15, 0.2) is 6.61 Å². The molecule has 0 unspecified atom stereocenters. The zero-order valence-corrected chi connectivity index (χ0v) is 16.2. The molecule has 6 heteroatoms. The summed E-state index contributed by atoms with van der Waals surface area (Å²) < 4.78 is 7.18. The highest BCUT2D eigenvalue weighted by Crippen LogP contribution is 2.20. The second-order valence-corrected chi connectivity index (χ2v) is 7.43. The van der Waals surface area contributed by atoms with Crippen molar-refractivity contribution in [1.82, 2.24) is 4.57 Å². The fourth-order valence-corrected chi connectivity index (χ4v) is 3.28. The monoisotopic (exact) mass is 370 g/mol. The third kappa shape index (κ3) is 4.70. The van der Waals surface area contributed by atoms with Crippen LogP contribution in [0.25, 0.3) is 6.08 Å². The predicted octanol–water partition coefficient (Wildman–Crippen LogP) is 4.16. The van der Waals surface area contributed by atoms with Crippen molar-refractivity contribution in [2.45, 2.75) is 34.2 Å². The zero-order valence-electron chi connectivity index (χ0n) is 15.4. The molecule has 0 spiro atoms. The Morgan fingerprint density at radius 2 is 2.12 bits per heavy atom. The van der Waals surface area contributed by atoms with Gasteiger partial charge in [0.1, 0.15) is 11.6 Å². The van der Waals surface area contributed by atoms with E-state index in [0.29, 0.717) is 10.8 Å². The van der Waals surface area contributed by atoms with Gasteiger partial charge in [-0.3, -0.25) is 4.79 Å². The van der Waals surface area contributed by atoms with Gasteiger partial charge in [-0.15, -0.1) is 11.3 Å². The van der Waals surface area contributed by atoms with E-state index in [1.54, 1.807) is 17.5 Å². The quantitative estimate of drug-likeness (QED) is 0.318. The first-order valence-corrected chi connectivity index (χ1v) is 9.23. The molecular weight excluding hydrogens is 348 g/mol. The van der Waals surface area contributed by atoms with E-state index in [1.807, 2.05) is 26.0 Å². The predicted molar refractivity (Wildman–Crippen MR) is 102 cm³/mol. The highest BCUT2D eigenvalue weighted by molar-refractivity contribution is 7.12. The number of esters is 1. The van der Waals surface area contributed by atoms with Crippen LogP contribution in [-0.2, 0) is 16.1 Å². The first kappa shape index (κ1) is 19.7. The summed E-state index contributed by atoms with van der Waals surface area (Å²) >= 11 is 1.29. The van der Waals surface area contributed by atoms with E-state index < -0.39 is 5.97 Å². The maximum Gasteiger partial charge on any atom is 0.349 e. The van der Waals surface area contributed by atoms with Gasteiger partial charge >= 0.3 is 5.97 Å². The number of nitrogens with zero attached hydrogens (tertiary/aromatic N) is 2. The molecular formula is C20H22N2O3S. The standard InChI is InChI=1S/C20H22N2O3S/c1-13(2)11-22-14(3)8-16(15(22)4)9-17(10-21)20(24)25-12-18(23)19-6-5-7-26-19/h5-9,13H,11-12H2,1-4H3/b17-9+. The summed E-state index contributed by atoms with van der Waals surface area (Å²) in [5.74, 6) is -0.577. The number of ether oxygens (including phenoxy) is 1. The SMILES string of the molecule is Cc1cc(/C=C(\C#N)C(=O)OCC(=O)c2cccs2)c(C)n1CC(C)C. The van der Waals surface area contributed by atoms with E-state index in [9.17, 15) is 14.9 Å². The number of Topliss-reactive ketones (excluding diaryl/α,β-unsaturated/α-hetero) is 1. The fourth-order valence-electron chi connectivity index (χ4n) is 2.63. The number of hydrogen-bond donors (Lipinski definition) is 0. The molecule has 2 aromatic heterocycles. The average molecular weight is 370 g/mol. The average Bonchev–Trinajstić information content (AvgIpc) is 3.21. The number of hydrogen-bond acceptors (Lipinski definition) is 5. The molecule has 0 amide bonds. The Bertz CT molecular complexity index is 868. The Labute approximate surface area is 157 Å². The summed E-state index contributed by atoms with van der Waals surface area (Å²) in [7, 11) is 0. The third-order valence-electron chi connectivity index (χ3n) is 3.93. The Morgan fingerprint density at radius 3 is 2.69 bits per heavy atom. The van der Waals surface area contributed by atoms with Crippen molar-refractivity contribution in [3.8, 4) is 6.07 Å². The van der Waals surface area contributed by atoms with Crippen LogP contribution in [0.2, 0.25) is 0 Å². The van der Waals surface area contributed by atoms with E-state index in [-0.39, 0.29) is 18.0 Å². The summed E-state index contributed by atoms with van der Waals surface area (Å²) in [6.07, 6.45) is 1.52. The van der Waals surface area contributed by atoms with Crippen molar-refractivity contribution in [3.05, 3.63) is 51.0 Å². The Morgan fingerprint density at radius 1 is 1.38 bits per heavy atom. The van der Waals surface area contributed by atoms with Crippen LogP contribution < -0.4 is 0 Å². The number of carbonyl (C=O) groups excluding carboxylic acids is 2.